The summed E-state index contributed by atoms with van der Waals surface area (Å²) in [5, 5.41) is 4.78. The Bertz CT molecular complexity index is 697. The van der Waals surface area contributed by atoms with Gasteiger partial charge < -0.3 is 10.1 Å². The molecule has 0 aliphatic heterocycles. The fourth-order valence-electron chi connectivity index (χ4n) is 2.65. The molecule has 0 unspecified atom stereocenters. The number of hydrogen-bond acceptors (Lipinski definition) is 5. The van der Waals surface area contributed by atoms with Gasteiger partial charge in [-0.3, -0.25) is 14.9 Å². The summed E-state index contributed by atoms with van der Waals surface area (Å²) in [5.41, 5.74) is 2.27. The summed E-state index contributed by atoms with van der Waals surface area (Å²) in [6.45, 7) is 6.85. The van der Waals surface area contributed by atoms with Gasteiger partial charge in [-0.15, -0.1) is 11.8 Å². The molecule has 7 heteroatoms. The predicted octanol–water partition coefficient (Wildman–Crippen LogP) is 2.82. The number of benzene rings is 1. The van der Waals surface area contributed by atoms with Gasteiger partial charge in [-0.25, -0.2) is 4.79 Å². The van der Waals surface area contributed by atoms with Gasteiger partial charge in [0.15, 0.2) is 6.10 Å². The standard InChI is InChI=1S/C19H26N2O4S/c1-12(17(23)20-18(24)21-19(2,3)4)25-16(22)11-26-15-9-8-13-6-5-7-14(13)10-15/h8-10,12H,5-7,11H2,1-4H3,(H2,20,21,23,24)/t12-/m1/s1. The van der Waals surface area contributed by atoms with Crippen molar-refractivity contribution in [3.05, 3.63) is 29.3 Å². The van der Waals surface area contributed by atoms with Gasteiger partial charge in [0.25, 0.3) is 5.91 Å². The van der Waals surface area contributed by atoms with Crippen LogP contribution in [0.4, 0.5) is 4.79 Å². The molecule has 0 saturated heterocycles. The van der Waals surface area contributed by atoms with Gasteiger partial charge in [0, 0.05) is 10.4 Å². The molecule has 1 aliphatic carbocycles. The Labute approximate surface area is 158 Å². The van der Waals surface area contributed by atoms with E-state index >= 15 is 0 Å². The summed E-state index contributed by atoms with van der Waals surface area (Å²) in [6.07, 6.45) is 2.36. The van der Waals surface area contributed by atoms with Crippen LogP contribution < -0.4 is 10.6 Å². The maximum atomic E-state index is 12.0. The topological polar surface area (TPSA) is 84.5 Å². The molecular weight excluding hydrogens is 352 g/mol. The maximum Gasteiger partial charge on any atom is 0.321 e. The van der Waals surface area contributed by atoms with Crippen molar-refractivity contribution in [1.29, 1.82) is 0 Å². The Morgan fingerprint density at radius 1 is 1.19 bits per heavy atom. The molecule has 6 nitrogen and oxygen atoms in total. The van der Waals surface area contributed by atoms with E-state index < -0.39 is 29.6 Å². The highest BCUT2D eigenvalue weighted by Gasteiger charge is 2.22. The van der Waals surface area contributed by atoms with E-state index in [1.807, 2.05) is 6.07 Å². The number of imide groups is 1. The highest BCUT2D eigenvalue weighted by atomic mass is 32.2. The molecule has 1 aromatic carbocycles. The molecule has 1 aromatic rings. The summed E-state index contributed by atoms with van der Waals surface area (Å²) in [5.74, 6) is -1.03. The van der Waals surface area contributed by atoms with Crippen LogP contribution in [0.15, 0.2) is 23.1 Å². The molecule has 0 fully saturated rings. The third kappa shape index (κ3) is 6.37. The molecule has 26 heavy (non-hydrogen) atoms. The lowest BCUT2D eigenvalue weighted by Crippen LogP contribution is -2.50. The van der Waals surface area contributed by atoms with E-state index in [2.05, 4.69) is 22.8 Å². The van der Waals surface area contributed by atoms with Crippen LogP contribution in [0.3, 0.4) is 0 Å². The Hall–Kier alpha value is -2.02. The first-order valence-corrected chi connectivity index (χ1v) is 9.70. The molecule has 0 saturated carbocycles. The molecule has 0 heterocycles. The van der Waals surface area contributed by atoms with Crippen LogP contribution in [0.2, 0.25) is 0 Å². The van der Waals surface area contributed by atoms with Crippen molar-refractivity contribution in [1.82, 2.24) is 10.6 Å². The van der Waals surface area contributed by atoms with Crippen molar-refractivity contribution in [2.75, 3.05) is 5.75 Å². The predicted molar refractivity (Wildman–Crippen MR) is 101 cm³/mol. The molecule has 0 aromatic heterocycles. The lowest BCUT2D eigenvalue weighted by Gasteiger charge is -2.21. The number of nitrogens with one attached hydrogen (secondary N) is 2. The van der Waals surface area contributed by atoms with Crippen molar-refractivity contribution >= 4 is 29.7 Å². The number of amides is 3. The number of carbonyl (C=O) groups is 3. The summed E-state index contributed by atoms with van der Waals surface area (Å²) >= 11 is 1.38. The van der Waals surface area contributed by atoms with Crippen molar-refractivity contribution < 1.29 is 19.1 Å². The molecule has 2 rings (SSSR count). The van der Waals surface area contributed by atoms with Gasteiger partial charge in [0.2, 0.25) is 0 Å². The number of thioether (sulfide) groups is 1. The van der Waals surface area contributed by atoms with Crippen LogP contribution in [0.1, 0.15) is 45.2 Å². The molecular formula is C19H26N2O4S. The number of urea groups is 1. The Morgan fingerprint density at radius 3 is 2.58 bits per heavy atom. The van der Waals surface area contributed by atoms with Crippen LogP contribution in [-0.2, 0) is 27.2 Å². The summed E-state index contributed by atoms with van der Waals surface area (Å²) in [4.78, 5) is 36.6. The zero-order valence-corrected chi connectivity index (χ0v) is 16.5. The second-order valence-corrected chi connectivity index (χ2v) is 8.45. The average Bonchev–Trinajstić information content (AvgIpc) is 2.98. The van der Waals surface area contributed by atoms with Crippen LogP contribution in [0.5, 0.6) is 0 Å². The zero-order chi connectivity index (χ0) is 19.3. The zero-order valence-electron chi connectivity index (χ0n) is 15.7. The van der Waals surface area contributed by atoms with Gasteiger partial charge in [0.05, 0.1) is 5.75 Å². The van der Waals surface area contributed by atoms with Gasteiger partial charge in [-0.1, -0.05) is 6.07 Å². The quantitative estimate of drug-likeness (QED) is 0.608. The molecule has 0 bridgehead atoms. The van der Waals surface area contributed by atoms with E-state index in [-0.39, 0.29) is 5.75 Å². The maximum absolute atomic E-state index is 12.0. The minimum absolute atomic E-state index is 0.116. The number of carbonyl (C=O) groups excluding carboxylic acids is 3. The fraction of sp³-hybridized carbons (Fsp3) is 0.526. The third-order valence-corrected chi connectivity index (χ3v) is 4.80. The molecule has 2 N–H and O–H groups in total. The lowest BCUT2D eigenvalue weighted by molar-refractivity contribution is -0.151. The molecule has 142 valence electrons. The minimum Gasteiger partial charge on any atom is -0.452 e. The number of fused-ring (bicyclic) bond motifs is 1. The fourth-order valence-corrected chi connectivity index (χ4v) is 3.39. The first-order valence-electron chi connectivity index (χ1n) is 8.71. The van der Waals surface area contributed by atoms with E-state index in [0.29, 0.717) is 0 Å². The van der Waals surface area contributed by atoms with E-state index in [9.17, 15) is 14.4 Å². The van der Waals surface area contributed by atoms with E-state index in [0.717, 1.165) is 17.7 Å². The Morgan fingerprint density at radius 2 is 1.88 bits per heavy atom. The first-order chi connectivity index (χ1) is 12.1. The number of rotatable bonds is 5. The highest BCUT2D eigenvalue weighted by Crippen LogP contribution is 2.27. The highest BCUT2D eigenvalue weighted by molar-refractivity contribution is 8.00. The average molecular weight is 378 g/mol. The number of hydrogen-bond donors (Lipinski definition) is 2. The van der Waals surface area contributed by atoms with Crippen LogP contribution in [0.25, 0.3) is 0 Å². The number of ether oxygens (including phenoxy) is 1. The van der Waals surface area contributed by atoms with Crippen molar-refractivity contribution in [3.8, 4) is 0 Å². The summed E-state index contributed by atoms with van der Waals surface area (Å²) in [6, 6.07) is 5.63. The SMILES string of the molecule is C[C@@H](OC(=O)CSc1ccc2c(c1)CCC2)C(=O)NC(=O)NC(C)(C)C. The monoisotopic (exact) mass is 378 g/mol. The smallest absolute Gasteiger partial charge is 0.321 e. The van der Waals surface area contributed by atoms with Crippen LogP contribution in [-0.4, -0.2) is 35.3 Å². The summed E-state index contributed by atoms with van der Waals surface area (Å²) in [7, 11) is 0. The lowest BCUT2D eigenvalue weighted by atomic mass is 10.1. The normalized spacial score (nSPS) is 14.3. The minimum atomic E-state index is -1.03. The molecule has 1 aliphatic rings. The van der Waals surface area contributed by atoms with Gasteiger partial charge in [0.1, 0.15) is 0 Å². The molecule has 1 atom stereocenters. The van der Waals surface area contributed by atoms with Crippen molar-refractivity contribution in [2.45, 2.75) is 63.5 Å². The largest absolute Gasteiger partial charge is 0.452 e. The molecule has 3 amide bonds. The third-order valence-electron chi connectivity index (χ3n) is 3.83. The Kier molecular flexibility index (Phi) is 6.69. The number of esters is 1. The van der Waals surface area contributed by atoms with E-state index in [4.69, 9.17) is 4.74 Å². The molecule has 0 spiro atoms. The summed E-state index contributed by atoms with van der Waals surface area (Å²) < 4.78 is 5.11. The van der Waals surface area contributed by atoms with Gasteiger partial charge in [-0.2, -0.15) is 0 Å². The first kappa shape index (κ1) is 20.3. The van der Waals surface area contributed by atoms with Crippen molar-refractivity contribution in [2.24, 2.45) is 0 Å². The van der Waals surface area contributed by atoms with Gasteiger partial charge >= 0.3 is 12.0 Å². The number of aryl methyl sites for hydroxylation is 2. The second kappa shape index (κ2) is 8.58. The van der Waals surface area contributed by atoms with E-state index in [1.165, 1.54) is 36.2 Å². The second-order valence-electron chi connectivity index (χ2n) is 7.40. The van der Waals surface area contributed by atoms with Crippen LogP contribution >= 0.6 is 11.8 Å². The van der Waals surface area contributed by atoms with Crippen LogP contribution in [0, 0.1) is 0 Å². The molecule has 0 radical (unpaired) electrons. The van der Waals surface area contributed by atoms with E-state index in [1.54, 1.807) is 20.8 Å². The Balaban J connectivity index is 1.76. The van der Waals surface area contributed by atoms with Crippen molar-refractivity contribution in [3.63, 3.8) is 0 Å². The van der Waals surface area contributed by atoms with Gasteiger partial charge in [-0.05, 0) is 70.2 Å².